The molecule has 0 aliphatic rings. The zero-order valence-electron chi connectivity index (χ0n) is 15.7. The van der Waals surface area contributed by atoms with Crippen molar-refractivity contribution in [1.82, 2.24) is 19.9 Å². The van der Waals surface area contributed by atoms with Crippen LogP contribution in [0.15, 0.2) is 85.5 Å². The number of para-hydroxylation sites is 1. The van der Waals surface area contributed by atoms with Crippen molar-refractivity contribution < 1.29 is 4.74 Å². The fourth-order valence-corrected chi connectivity index (χ4v) is 3.06. The van der Waals surface area contributed by atoms with Crippen LogP contribution in [-0.4, -0.2) is 14.5 Å². The van der Waals surface area contributed by atoms with Gasteiger partial charge >= 0.3 is 0 Å². The highest BCUT2D eigenvalue weighted by atomic mass is 16.5. The highest BCUT2D eigenvalue weighted by Crippen LogP contribution is 2.25. The number of aryl methyl sites for hydroxylation is 1. The number of nitrogens with zero attached hydrogens (tertiary/aromatic N) is 3. The molecule has 0 aliphatic heterocycles. The highest BCUT2D eigenvalue weighted by Gasteiger charge is 2.09. The molecule has 0 radical (unpaired) electrons. The molecule has 1 aromatic carbocycles. The lowest BCUT2D eigenvalue weighted by Crippen LogP contribution is -2.16. The van der Waals surface area contributed by atoms with Crippen LogP contribution in [0.25, 0.3) is 5.69 Å². The van der Waals surface area contributed by atoms with Gasteiger partial charge in [-0.2, -0.15) is 0 Å². The van der Waals surface area contributed by atoms with Gasteiger partial charge in [0.1, 0.15) is 5.75 Å². The maximum atomic E-state index is 6.06. The van der Waals surface area contributed by atoms with Crippen LogP contribution < -0.4 is 10.1 Å². The van der Waals surface area contributed by atoms with Gasteiger partial charge in [-0.15, -0.1) is 0 Å². The van der Waals surface area contributed by atoms with E-state index >= 15 is 0 Å². The first kappa shape index (κ1) is 17.9. The van der Waals surface area contributed by atoms with E-state index in [4.69, 9.17) is 4.74 Å². The van der Waals surface area contributed by atoms with Crippen LogP contribution in [0, 0.1) is 6.92 Å². The van der Waals surface area contributed by atoms with Gasteiger partial charge in [0, 0.05) is 42.9 Å². The Bertz CT molecular complexity index is 1040. The number of hydrogen-bond acceptors (Lipinski definition) is 4. The number of rotatable bonds is 7. The smallest absolute Gasteiger partial charge is 0.223 e. The molecule has 4 aromatic rings. The minimum Gasteiger partial charge on any atom is -0.438 e. The van der Waals surface area contributed by atoms with E-state index in [9.17, 15) is 0 Å². The molecule has 0 atom stereocenters. The van der Waals surface area contributed by atoms with Crippen LogP contribution in [0.5, 0.6) is 11.6 Å². The van der Waals surface area contributed by atoms with E-state index in [0.29, 0.717) is 12.4 Å². The highest BCUT2D eigenvalue weighted by molar-refractivity contribution is 5.37. The number of ether oxygens (including phenoxy) is 1. The van der Waals surface area contributed by atoms with Crippen molar-refractivity contribution in [1.29, 1.82) is 0 Å². The van der Waals surface area contributed by atoms with Gasteiger partial charge in [-0.25, -0.2) is 4.98 Å². The summed E-state index contributed by atoms with van der Waals surface area (Å²) in [7, 11) is 0. The number of hydrogen-bond donors (Lipinski definition) is 1. The third-order valence-electron chi connectivity index (χ3n) is 4.53. The van der Waals surface area contributed by atoms with Crippen molar-refractivity contribution in [2.24, 2.45) is 0 Å². The number of pyridine rings is 2. The maximum Gasteiger partial charge on any atom is 0.223 e. The normalized spacial score (nSPS) is 10.8. The molecular weight excluding hydrogens is 348 g/mol. The van der Waals surface area contributed by atoms with E-state index in [1.165, 1.54) is 5.69 Å². The van der Waals surface area contributed by atoms with Crippen LogP contribution in [-0.2, 0) is 13.1 Å². The van der Waals surface area contributed by atoms with Crippen molar-refractivity contribution >= 4 is 0 Å². The third-order valence-corrected chi connectivity index (χ3v) is 4.53. The molecule has 0 amide bonds. The van der Waals surface area contributed by atoms with Gasteiger partial charge in [-0.1, -0.05) is 24.3 Å². The zero-order valence-corrected chi connectivity index (χ0v) is 15.7. The Morgan fingerprint density at radius 1 is 0.929 bits per heavy atom. The summed E-state index contributed by atoms with van der Waals surface area (Å²) in [5, 5.41) is 3.49. The first-order valence-electron chi connectivity index (χ1n) is 9.26. The minimum atomic E-state index is 0.631. The average molecular weight is 370 g/mol. The Labute approximate surface area is 164 Å². The Balaban J connectivity index is 1.44. The molecule has 28 heavy (non-hydrogen) atoms. The number of benzene rings is 1. The third kappa shape index (κ3) is 4.10. The van der Waals surface area contributed by atoms with E-state index in [-0.39, 0.29) is 0 Å². The molecule has 5 heteroatoms. The summed E-state index contributed by atoms with van der Waals surface area (Å²) in [5.41, 5.74) is 4.32. The average Bonchev–Trinajstić information content (AvgIpc) is 3.20. The number of aromatic nitrogens is 3. The van der Waals surface area contributed by atoms with E-state index in [2.05, 4.69) is 25.9 Å². The lowest BCUT2D eigenvalue weighted by molar-refractivity contribution is 0.449. The van der Waals surface area contributed by atoms with Gasteiger partial charge in [0.2, 0.25) is 5.88 Å². The van der Waals surface area contributed by atoms with Crippen LogP contribution in [0.4, 0.5) is 0 Å². The quantitative estimate of drug-likeness (QED) is 0.514. The monoisotopic (exact) mass is 370 g/mol. The Hall–Kier alpha value is -3.44. The van der Waals surface area contributed by atoms with Crippen molar-refractivity contribution in [3.8, 4) is 17.3 Å². The predicted octanol–water partition coefficient (Wildman–Crippen LogP) is 4.66. The van der Waals surface area contributed by atoms with Gasteiger partial charge < -0.3 is 14.6 Å². The molecule has 5 nitrogen and oxygen atoms in total. The van der Waals surface area contributed by atoms with Crippen molar-refractivity contribution in [3.05, 3.63) is 102 Å². The molecule has 4 rings (SSSR count). The van der Waals surface area contributed by atoms with Crippen LogP contribution >= 0.6 is 0 Å². The van der Waals surface area contributed by atoms with Gasteiger partial charge in [-0.05, 0) is 48.9 Å². The Morgan fingerprint density at radius 3 is 2.68 bits per heavy atom. The molecule has 0 unspecified atom stereocenters. The van der Waals surface area contributed by atoms with Crippen LogP contribution in [0.1, 0.15) is 16.8 Å². The standard InChI is InChI=1S/C23H22N4O/c1-18-7-2-3-11-22(18)28-23-19(8-4-13-26-23)15-25-17-21-10-6-14-27(21)20-9-5-12-24-16-20/h2-14,16,25H,15,17H2,1H3. The molecule has 140 valence electrons. The molecular formula is C23H22N4O. The second-order valence-corrected chi connectivity index (χ2v) is 6.52. The summed E-state index contributed by atoms with van der Waals surface area (Å²) in [6.45, 7) is 3.41. The molecule has 0 saturated carbocycles. The van der Waals surface area contributed by atoms with Gasteiger partial charge in [0.15, 0.2) is 0 Å². The minimum absolute atomic E-state index is 0.631. The largest absolute Gasteiger partial charge is 0.438 e. The molecule has 1 N–H and O–H groups in total. The maximum absolute atomic E-state index is 6.06. The molecule has 3 heterocycles. The Kier molecular flexibility index (Phi) is 5.45. The summed E-state index contributed by atoms with van der Waals surface area (Å²) in [6.07, 6.45) is 7.44. The second kappa shape index (κ2) is 8.50. The molecule has 0 fully saturated rings. The van der Waals surface area contributed by atoms with Crippen LogP contribution in [0.2, 0.25) is 0 Å². The van der Waals surface area contributed by atoms with Crippen LogP contribution in [0.3, 0.4) is 0 Å². The van der Waals surface area contributed by atoms with E-state index < -0.39 is 0 Å². The molecule has 3 aromatic heterocycles. The van der Waals surface area contributed by atoms with E-state index in [1.54, 1.807) is 12.4 Å². The molecule has 0 bridgehead atoms. The SMILES string of the molecule is Cc1ccccc1Oc1ncccc1CNCc1cccn1-c1cccnc1. The number of nitrogens with one attached hydrogen (secondary N) is 1. The topological polar surface area (TPSA) is 52.0 Å². The van der Waals surface area contributed by atoms with Crippen molar-refractivity contribution in [3.63, 3.8) is 0 Å². The predicted molar refractivity (Wildman–Crippen MR) is 110 cm³/mol. The fourth-order valence-electron chi connectivity index (χ4n) is 3.06. The summed E-state index contributed by atoms with van der Waals surface area (Å²) >= 11 is 0. The lowest BCUT2D eigenvalue weighted by Gasteiger charge is -2.13. The van der Waals surface area contributed by atoms with Crippen molar-refractivity contribution in [2.75, 3.05) is 0 Å². The summed E-state index contributed by atoms with van der Waals surface area (Å²) in [4.78, 5) is 8.62. The molecule has 0 saturated heterocycles. The van der Waals surface area contributed by atoms with E-state index in [0.717, 1.165) is 29.1 Å². The van der Waals surface area contributed by atoms with Crippen molar-refractivity contribution in [2.45, 2.75) is 20.0 Å². The molecule has 0 aliphatic carbocycles. The van der Waals surface area contributed by atoms with E-state index in [1.807, 2.05) is 73.9 Å². The first-order valence-corrected chi connectivity index (χ1v) is 9.26. The summed E-state index contributed by atoms with van der Waals surface area (Å²) in [6, 6.07) is 20.1. The van der Waals surface area contributed by atoms with Gasteiger partial charge in [0.25, 0.3) is 0 Å². The zero-order chi connectivity index (χ0) is 19.2. The summed E-state index contributed by atoms with van der Waals surface area (Å²) < 4.78 is 8.19. The first-order chi connectivity index (χ1) is 13.8. The lowest BCUT2D eigenvalue weighted by atomic mass is 10.2. The molecule has 0 spiro atoms. The second-order valence-electron chi connectivity index (χ2n) is 6.52. The summed E-state index contributed by atoms with van der Waals surface area (Å²) in [5.74, 6) is 1.46. The van der Waals surface area contributed by atoms with Gasteiger partial charge in [-0.3, -0.25) is 4.98 Å². The fraction of sp³-hybridized carbons (Fsp3) is 0.130. The van der Waals surface area contributed by atoms with Gasteiger partial charge in [0.05, 0.1) is 11.9 Å². The Morgan fingerprint density at radius 2 is 1.82 bits per heavy atom.